The van der Waals surface area contributed by atoms with Crippen LogP contribution in [0.3, 0.4) is 0 Å². The van der Waals surface area contributed by atoms with E-state index >= 15 is 0 Å². The van der Waals surface area contributed by atoms with Crippen molar-refractivity contribution < 1.29 is 0 Å². The molecule has 0 aromatic carbocycles. The predicted molar refractivity (Wildman–Crippen MR) is 363 cm³/mol. The first-order chi connectivity index (χ1) is 35.4. The maximum atomic E-state index is 2.40. The molecule has 0 N–H and O–H groups in total. The van der Waals surface area contributed by atoms with Crippen LogP contribution in [0.4, 0.5) is 0 Å². The molecule has 0 radical (unpaired) electrons. The minimum absolute atomic E-state index is 0.542. The van der Waals surface area contributed by atoms with Gasteiger partial charge in [0.05, 0.1) is 0 Å². The van der Waals surface area contributed by atoms with Gasteiger partial charge in [-0.1, -0.05) is 356 Å². The predicted octanol–water partition coefficient (Wildman–Crippen LogP) is 28.3. The Bertz CT molecular complexity index is 1160. The molecule has 0 heteroatoms. The van der Waals surface area contributed by atoms with Crippen molar-refractivity contribution in [2.45, 2.75) is 388 Å². The lowest BCUT2D eigenvalue weighted by Crippen LogP contribution is -2.24. The van der Waals surface area contributed by atoms with Crippen molar-refractivity contribution in [2.24, 2.45) is 110 Å². The summed E-state index contributed by atoms with van der Waals surface area (Å²) in [5, 5.41) is 0. The number of rotatable bonds is 7. The molecule has 0 amide bonds. The van der Waals surface area contributed by atoms with Crippen molar-refractivity contribution >= 4 is 0 Å². The summed E-state index contributed by atoms with van der Waals surface area (Å²) in [6.07, 6.45) is 38.6. The highest BCUT2D eigenvalue weighted by molar-refractivity contribution is 4.93. The summed E-state index contributed by atoms with van der Waals surface area (Å²) < 4.78 is 0. The number of hydrogen-bond acceptors (Lipinski definition) is 0. The van der Waals surface area contributed by atoms with E-state index in [1.54, 1.807) is 0 Å². The molecule has 470 valence electrons. The highest BCUT2D eigenvalue weighted by Gasteiger charge is 2.43. The van der Waals surface area contributed by atoms with Crippen LogP contribution in [0.15, 0.2) is 0 Å². The Morgan fingerprint density at radius 3 is 0.857 bits per heavy atom. The quantitative estimate of drug-likeness (QED) is 0.238. The van der Waals surface area contributed by atoms with Gasteiger partial charge in [0, 0.05) is 0 Å². The van der Waals surface area contributed by atoms with Crippen LogP contribution in [0.2, 0.25) is 0 Å². The number of hydrogen-bond donors (Lipinski definition) is 0. The van der Waals surface area contributed by atoms with E-state index in [2.05, 4.69) is 215 Å². The Labute approximate surface area is 495 Å². The summed E-state index contributed by atoms with van der Waals surface area (Å²) >= 11 is 0. The van der Waals surface area contributed by atoms with E-state index in [1.165, 1.54) is 173 Å². The summed E-state index contributed by atoms with van der Waals surface area (Å²) in [6, 6.07) is 0. The van der Waals surface area contributed by atoms with Crippen LogP contribution in [0.5, 0.6) is 0 Å². The molecule has 77 heavy (non-hydrogen) atoms. The van der Waals surface area contributed by atoms with Gasteiger partial charge in [-0.3, -0.25) is 0 Å². The SMILES string of the molecule is CC1C(C)(C)CCC1(C)C.CC1CC(C)C(C)C1.CC1CCC(C)C1C.CC1CCCC1.CC1CCC[C@H]1C.CCC(C)(C)C.CCC(C)CC.CCC1CCC1.CCCC(C)C.CCCC(C)C.C[C@@H]1CCCC1(C)C. The van der Waals surface area contributed by atoms with Gasteiger partial charge in [0.25, 0.3) is 0 Å². The van der Waals surface area contributed by atoms with E-state index in [0.29, 0.717) is 21.7 Å². The average molecular weight is 1090 g/mol. The summed E-state index contributed by atoms with van der Waals surface area (Å²) in [7, 11) is 0. The van der Waals surface area contributed by atoms with E-state index < -0.39 is 0 Å². The zero-order valence-corrected chi connectivity index (χ0v) is 60.8. The highest BCUT2D eigenvalue weighted by Crippen LogP contribution is 2.53. The summed E-state index contributed by atoms with van der Waals surface area (Å²) in [5.41, 5.74) is 2.37. The van der Waals surface area contributed by atoms with Crippen LogP contribution >= 0.6 is 0 Å². The standard InChI is InChI=1S/C10H20.3C8H16.C7H14.2C6H12.4C6H14/c1-8-9(2,3)6-7-10(8,4)5;1-6-4-7(2)8(3)5-6;1-7-5-4-6-8(7,2)3;1-6-4-5-7(2)8(6)3;1-6-4-3-5-7(6)2;1-6-4-2-3-5-6;1-2-6-4-3-5-6;1-5-6(2,3)4;2*1-4-5-6(2)3;1-4-6(3)5-2/h8H,6-7H2,1-5H3;6-8H,4-5H2,1-3H3;7H,4-6H2,1-3H3;6-8H,4-5H2,1-3H3;6-7H,3-5H2,1-2H3;2*6H,2-5H2,1H3;5H2,1-4H3;3*6H,4-5H2,1-3H3/t;;7-;;6-,7?;;;;;;/m..1.1....../s1. The molecule has 0 aromatic rings. The molecular weight excluding hydrogens is 925 g/mol. The molecule has 7 aliphatic rings. The van der Waals surface area contributed by atoms with Crippen LogP contribution in [-0.4, -0.2) is 0 Å². The van der Waals surface area contributed by atoms with Crippen LogP contribution in [0.1, 0.15) is 388 Å². The Balaban J connectivity index is -0.000000382. The Morgan fingerprint density at radius 2 is 0.779 bits per heavy atom. The molecule has 7 saturated carbocycles. The summed E-state index contributed by atoms with van der Waals surface area (Å²) in [6.45, 7) is 71.8. The minimum atomic E-state index is 0.542. The fourth-order valence-electron chi connectivity index (χ4n) is 11.9. The van der Waals surface area contributed by atoms with Crippen LogP contribution in [-0.2, 0) is 0 Å². The fraction of sp³-hybridized carbons (Fsp3) is 1.00. The molecule has 5 unspecified atom stereocenters. The highest BCUT2D eigenvalue weighted by atomic mass is 14.5. The first-order valence-corrected chi connectivity index (χ1v) is 35.4. The topological polar surface area (TPSA) is 0 Å². The fourth-order valence-corrected chi connectivity index (χ4v) is 11.9. The molecule has 0 bridgehead atoms. The Hall–Kier alpha value is 0. The van der Waals surface area contributed by atoms with Crippen LogP contribution in [0, 0.1) is 110 Å². The van der Waals surface area contributed by atoms with Crippen molar-refractivity contribution in [3.63, 3.8) is 0 Å². The second kappa shape index (κ2) is 46.4. The zero-order chi connectivity index (χ0) is 60.8. The van der Waals surface area contributed by atoms with Crippen molar-refractivity contribution in [1.82, 2.24) is 0 Å². The maximum Gasteiger partial charge on any atom is -0.0323 e. The first-order valence-electron chi connectivity index (χ1n) is 35.4. The normalized spacial score (nSPS) is 28.5. The van der Waals surface area contributed by atoms with Crippen molar-refractivity contribution in [1.29, 1.82) is 0 Å². The lowest BCUT2D eigenvalue weighted by atomic mass is 9.74. The molecular formula is C77H162. The molecule has 0 nitrogen and oxygen atoms in total. The largest absolute Gasteiger partial charge is 0.0654 e. The van der Waals surface area contributed by atoms with Crippen molar-refractivity contribution in [3.8, 4) is 0 Å². The van der Waals surface area contributed by atoms with Gasteiger partial charge < -0.3 is 0 Å². The van der Waals surface area contributed by atoms with E-state index in [1.807, 2.05) is 0 Å². The van der Waals surface area contributed by atoms with Gasteiger partial charge in [0.15, 0.2) is 0 Å². The van der Waals surface area contributed by atoms with Crippen LogP contribution in [0.25, 0.3) is 0 Å². The smallest absolute Gasteiger partial charge is 0.0323 e. The van der Waals surface area contributed by atoms with Crippen LogP contribution < -0.4 is 0 Å². The van der Waals surface area contributed by atoms with Gasteiger partial charge >= 0.3 is 0 Å². The van der Waals surface area contributed by atoms with E-state index in [4.69, 9.17) is 0 Å². The van der Waals surface area contributed by atoms with Gasteiger partial charge in [0.1, 0.15) is 0 Å². The molecule has 7 aliphatic carbocycles. The molecule has 0 saturated heterocycles. The molecule has 7 atom stereocenters. The third-order valence-electron chi connectivity index (χ3n) is 21.9. The third-order valence-corrected chi connectivity index (χ3v) is 21.9. The lowest BCUT2D eigenvalue weighted by molar-refractivity contribution is 0.179. The van der Waals surface area contributed by atoms with E-state index in [9.17, 15) is 0 Å². The van der Waals surface area contributed by atoms with Crippen molar-refractivity contribution in [3.05, 3.63) is 0 Å². The Morgan fingerprint density at radius 1 is 0.403 bits per heavy atom. The van der Waals surface area contributed by atoms with Gasteiger partial charge in [-0.05, 0) is 143 Å². The maximum absolute atomic E-state index is 2.40. The summed E-state index contributed by atoms with van der Waals surface area (Å²) in [5.74, 6) is 14.7. The third kappa shape index (κ3) is 46.1. The van der Waals surface area contributed by atoms with Gasteiger partial charge in [-0.15, -0.1) is 0 Å². The van der Waals surface area contributed by atoms with Crippen molar-refractivity contribution in [2.75, 3.05) is 0 Å². The second-order valence-corrected chi connectivity index (χ2v) is 32.6. The second-order valence-electron chi connectivity index (χ2n) is 32.6. The van der Waals surface area contributed by atoms with E-state index in [-0.39, 0.29) is 0 Å². The monoisotopic (exact) mass is 1090 g/mol. The van der Waals surface area contributed by atoms with Gasteiger partial charge in [0.2, 0.25) is 0 Å². The molecule has 0 spiro atoms. The van der Waals surface area contributed by atoms with Gasteiger partial charge in [-0.2, -0.15) is 0 Å². The minimum Gasteiger partial charge on any atom is -0.0654 e. The van der Waals surface area contributed by atoms with Gasteiger partial charge in [-0.25, -0.2) is 0 Å². The first kappa shape index (κ1) is 83.5. The summed E-state index contributed by atoms with van der Waals surface area (Å²) in [4.78, 5) is 0. The lowest BCUT2D eigenvalue weighted by Gasteiger charge is -2.31. The van der Waals surface area contributed by atoms with E-state index in [0.717, 1.165) is 88.8 Å². The molecule has 0 heterocycles. The molecule has 0 aliphatic heterocycles. The molecule has 7 rings (SSSR count). The molecule has 0 aromatic heterocycles. The molecule has 7 fully saturated rings. The zero-order valence-electron chi connectivity index (χ0n) is 60.8. The average Bonchev–Trinajstić information content (AvgIpc) is 4.18. The Kier molecular flexibility index (Phi) is 50.3.